The molecule has 4 nitrogen and oxygen atoms in total. The van der Waals surface area contributed by atoms with Crippen LogP contribution in [0.2, 0.25) is 0 Å². The quantitative estimate of drug-likeness (QED) is 0.877. The molecule has 0 bridgehead atoms. The third-order valence-electron chi connectivity index (χ3n) is 2.40. The molecule has 0 saturated carbocycles. The van der Waals surface area contributed by atoms with Crippen LogP contribution in [-0.2, 0) is 6.54 Å². The number of ether oxygens (including phenoxy) is 1. The smallest absolute Gasteiger partial charge is 0.165 e. The van der Waals surface area contributed by atoms with Gasteiger partial charge in [-0.15, -0.1) is 0 Å². The van der Waals surface area contributed by atoms with E-state index in [1.165, 1.54) is 13.2 Å². The summed E-state index contributed by atoms with van der Waals surface area (Å²) in [6, 6.07) is 6.55. The molecule has 1 aromatic heterocycles. The molecule has 5 heteroatoms. The lowest BCUT2D eigenvalue weighted by Crippen LogP contribution is -2.06. The molecule has 0 radical (unpaired) electrons. The van der Waals surface area contributed by atoms with Gasteiger partial charge in [0.25, 0.3) is 0 Å². The largest absolute Gasteiger partial charge is 0.494 e. The van der Waals surface area contributed by atoms with Crippen molar-refractivity contribution in [3.8, 4) is 11.4 Å². The zero-order valence-electron chi connectivity index (χ0n) is 9.77. The molecule has 0 amide bonds. The van der Waals surface area contributed by atoms with E-state index >= 15 is 0 Å². The van der Waals surface area contributed by atoms with Gasteiger partial charge in [-0.05, 0) is 25.2 Å². The highest BCUT2D eigenvalue weighted by Gasteiger charge is 2.06. The SMILES string of the molecule is CNCc1ccn(-c2ccc(F)c(OC)c2)n1. The number of benzene rings is 1. The lowest BCUT2D eigenvalue weighted by atomic mass is 10.3. The van der Waals surface area contributed by atoms with E-state index in [0.29, 0.717) is 6.54 Å². The van der Waals surface area contributed by atoms with Crippen molar-refractivity contribution in [2.45, 2.75) is 6.54 Å². The van der Waals surface area contributed by atoms with Crippen LogP contribution in [0.5, 0.6) is 5.75 Å². The Kier molecular flexibility index (Phi) is 3.39. The number of hydrogen-bond donors (Lipinski definition) is 1. The summed E-state index contributed by atoms with van der Waals surface area (Å²) in [5.41, 5.74) is 1.70. The van der Waals surface area contributed by atoms with E-state index in [0.717, 1.165) is 11.4 Å². The highest BCUT2D eigenvalue weighted by Crippen LogP contribution is 2.20. The second-order valence-electron chi connectivity index (χ2n) is 3.60. The van der Waals surface area contributed by atoms with Crippen LogP contribution in [-0.4, -0.2) is 23.9 Å². The molecular weight excluding hydrogens is 221 g/mol. The highest BCUT2D eigenvalue weighted by molar-refractivity contribution is 5.39. The molecule has 0 spiro atoms. The Morgan fingerprint density at radius 3 is 2.94 bits per heavy atom. The van der Waals surface area contributed by atoms with Crippen LogP contribution in [0, 0.1) is 5.82 Å². The Labute approximate surface area is 99.0 Å². The first kappa shape index (κ1) is 11.6. The van der Waals surface area contributed by atoms with Crippen molar-refractivity contribution >= 4 is 0 Å². The average molecular weight is 235 g/mol. The van der Waals surface area contributed by atoms with Crippen LogP contribution in [0.25, 0.3) is 5.69 Å². The Balaban J connectivity index is 2.32. The van der Waals surface area contributed by atoms with Crippen LogP contribution in [0.15, 0.2) is 30.5 Å². The number of aromatic nitrogens is 2. The predicted octanol–water partition coefficient (Wildman–Crippen LogP) is 1.74. The second-order valence-corrected chi connectivity index (χ2v) is 3.60. The van der Waals surface area contributed by atoms with Gasteiger partial charge in [0.1, 0.15) is 0 Å². The molecule has 2 aromatic rings. The maximum absolute atomic E-state index is 13.2. The fourth-order valence-electron chi connectivity index (χ4n) is 1.57. The standard InChI is InChI=1S/C12H14FN3O/c1-14-8-9-5-6-16(15-9)10-3-4-11(13)12(7-10)17-2/h3-7,14H,8H2,1-2H3. The third kappa shape index (κ3) is 2.45. The number of hydrogen-bond acceptors (Lipinski definition) is 3. The van der Waals surface area contributed by atoms with Gasteiger partial charge in [0.2, 0.25) is 0 Å². The van der Waals surface area contributed by atoms with E-state index in [2.05, 4.69) is 10.4 Å². The zero-order chi connectivity index (χ0) is 12.3. The Morgan fingerprint density at radius 1 is 1.41 bits per heavy atom. The Bertz CT molecular complexity index is 510. The fraction of sp³-hybridized carbons (Fsp3) is 0.250. The fourth-order valence-corrected chi connectivity index (χ4v) is 1.57. The molecule has 90 valence electrons. The van der Waals surface area contributed by atoms with Gasteiger partial charge >= 0.3 is 0 Å². The maximum atomic E-state index is 13.2. The van der Waals surface area contributed by atoms with Gasteiger partial charge in [0, 0.05) is 18.8 Å². The van der Waals surface area contributed by atoms with Crippen LogP contribution < -0.4 is 10.1 Å². The van der Waals surface area contributed by atoms with Gasteiger partial charge in [-0.2, -0.15) is 5.10 Å². The van der Waals surface area contributed by atoms with Gasteiger partial charge in [-0.25, -0.2) is 9.07 Å². The minimum absolute atomic E-state index is 0.216. The summed E-state index contributed by atoms with van der Waals surface area (Å²) < 4.78 is 19.9. The predicted molar refractivity (Wildman–Crippen MR) is 62.8 cm³/mol. The number of methoxy groups -OCH3 is 1. The molecule has 0 atom stereocenters. The van der Waals surface area contributed by atoms with E-state index < -0.39 is 0 Å². The van der Waals surface area contributed by atoms with E-state index in [4.69, 9.17) is 4.74 Å². The van der Waals surface area contributed by atoms with Crippen molar-refractivity contribution in [3.05, 3.63) is 42.0 Å². The molecule has 1 aromatic carbocycles. The molecule has 0 aliphatic carbocycles. The topological polar surface area (TPSA) is 39.1 Å². The number of nitrogens with zero attached hydrogens (tertiary/aromatic N) is 2. The van der Waals surface area contributed by atoms with Crippen LogP contribution in [0.3, 0.4) is 0 Å². The summed E-state index contributed by atoms with van der Waals surface area (Å²) in [7, 11) is 3.30. The van der Waals surface area contributed by atoms with Gasteiger partial charge in [0.05, 0.1) is 18.5 Å². The molecule has 0 unspecified atom stereocenters. The number of nitrogens with one attached hydrogen (secondary N) is 1. The maximum Gasteiger partial charge on any atom is 0.165 e. The van der Waals surface area contributed by atoms with Gasteiger partial charge in [0.15, 0.2) is 11.6 Å². The molecule has 0 aliphatic rings. The van der Waals surface area contributed by atoms with Crippen molar-refractivity contribution < 1.29 is 9.13 Å². The van der Waals surface area contributed by atoms with Crippen molar-refractivity contribution in [1.82, 2.24) is 15.1 Å². The van der Waals surface area contributed by atoms with Crippen molar-refractivity contribution in [1.29, 1.82) is 0 Å². The van der Waals surface area contributed by atoms with Gasteiger partial charge in [-0.3, -0.25) is 0 Å². The van der Waals surface area contributed by atoms with Crippen molar-refractivity contribution in [3.63, 3.8) is 0 Å². The third-order valence-corrected chi connectivity index (χ3v) is 2.40. The lowest BCUT2D eigenvalue weighted by molar-refractivity contribution is 0.386. The zero-order valence-corrected chi connectivity index (χ0v) is 9.77. The van der Waals surface area contributed by atoms with Crippen LogP contribution >= 0.6 is 0 Å². The first-order chi connectivity index (χ1) is 8.24. The minimum Gasteiger partial charge on any atom is -0.494 e. The summed E-state index contributed by atoms with van der Waals surface area (Å²) in [6.45, 7) is 0.700. The summed E-state index contributed by atoms with van der Waals surface area (Å²) >= 11 is 0. The molecular formula is C12H14FN3O. The van der Waals surface area contributed by atoms with E-state index in [9.17, 15) is 4.39 Å². The second kappa shape index (κ2) is 4.97. The van der Waals surface area contributed by atoms with Gasteiger partial charge in [-0.1, -0.05) is 0 Å². The number of rotatable bonds is 4. The van der Waals surface area contributed by atoms with Crippen molar-refractivity contribution in [2.75, 3.05) is 14.2 Å². The molecule has 1 N–H and O–H groups in total. The minimum atomic E-state index is -0.376. The molecule has 0 saturated heterocycles. The summed E-state index contributed by atoms with van der Waals surface area (Å²) in [6.07, 6.45) is 1.83. The van der Waals surface area contributed by atoms with E-state index in [-0.39, 0.29) is 11.6 Å². The van der Waals surface area contributed by atoms with Crippen molar-refractivity contribution in [2.24, 2.45) is 0 Å². The molecule has 0 fully saturated rings. The molecule has 2 rings (SSSR count). The van der Waals surface area contributed by atoms with Crippen LogP contribution in [0.4, 0.5) is 4.39 Å². The highest BCUT2D eigenvalue weighted by atomic mass is 19.1. The summed E-state index contributed by atoms with van der Waals surface area (Å²) in [5.74, 6) is -0.160. The van der Waals surface area contributed by atoms with E-state index in [1.54, 1.807) is 16.8 Å². The average Bonchev–Trinajstić information content (AvgIpc) is 2.79. The number of halogens is 1. The summed E-state index contributed by atoms with van der Waals surface area (Å²) in [4.78, 5) is 0. The summed E-state index contributed by atoms with van der Waals surface area (Å²) in [5, 5.41) is 7.37. The monoisotopic (exact) mass is 235 g/mol. The Morgan fingerprint density at radius 2 is 2.24 bits per heavy atom. The molecule has 17 heavy (non-hydrogen) atoms. The first-order valence-electron chi connectivity index (χ1n) is 5.27. The normalized spacial score (nSPS) is 10.5. The van der Waals surface area contributed by atoms with Gasteiger partial charge < -0.3 is 10.1 Å². The lowest BCUT2D eigenvalue weighted by Gasteiger charge is -2.05. The first-order valence-corrected chi connectivity index (χ1v) is 5.27. The Hall–Kier alpha value is -1.88. The van der Waals surface area contributed by atoms with Crippen LogP contribution in [0.1, 0.15) is 5.69 Å². The van der Waals surface area contributed by atoms with E-state index in [1.807, 2.05) is 19.3 Å². The molecule has 1 heterocycles. The molecule has 0 aliphatic heterocycles.